The number of pyridine rings is 4. The van der Waals surface area contributed by atoms with Crippen molar-refractivity contribution >= 4 is 68.4 Å². The molecule has 2 atom stereocenters. The number of carbonyl (C=O) groups excluding carboxylic acids is 2. The fourth-order valence-electron chi connectivity index (χ4n) is 6.64. The Morgan fingerprint density at radius 1 is 0.754 bits per heavy atom. The van der Waals surface area contributed by atoms with E-state index in [1.165, 1.54) is 0 Å². The number of aromatic nitrogens is 6. The molecular formula is C44H53BrCl2N10O4. The maximum Gasteiger partial charge on any atom is 0.410 e. The monoisotopic (exact) mass is 934 g/mol. The van der Waals surface area contributed by atoms with E-state index in [0.29, 0.717) is 24.7 Å². The van der Waals surface area contributed by atoms with Crippen molar-refractivity contribution in [3.8, 4) is 22.8 Å². The third kappa shape index (κ3) is 12.1. The second-order valence-electron chi connectivity index (χ2n) is 17.1. The van der Waals surface area contributed by atoms with Gasteiger partial charge in [-0.05, 0) is 132 Å². The van der Waals surface area contributed by atoms with E-state index in [-0.39, 0.29) is 24.3 Å². The van der Waals surface area contributed by atoms with Crippen LogP contribution >= 0.6 is 39.1 Å². The number of nitrogens with zero attached hydrogens (tertiary/aromatic N) is 8. The van der Waals surface area contributed by atoms with Crippen molar-refractivity contribution in [2.45, 2.75) is 91.5 Å². The lowest BCUT2D eigenvalue weighted by molar-refractivity contribution is 0.0282. The van der Waals surface area contributed by atoms with Crippen molar-refractivity contribution in [1.29, 1.82) is 0 Å². The lowest BCUT2D eigenvalue weighted by Crippen LogP contribution is -2.36. The first-order valence-electron chi connectivity index (χ1n) is 20.1. The van der Waals surface area contributed by atoms with Gasteiger partial charge in [0.2, 0.25) is 0 Å². The molecule has 2 fully saturated rings. The SMILES string of the molecule is CC(C)(C)OC(=O)N1CCC(N)C1.Cc1cc2ncc(-c3cccc(Br)n3)n2cc1Cl.Cc1cc2ncc(-c3cccc(NC4CCN(C(=O)OC(C)(C)C)C4)n3)n2cc1Cl. The second-order valence-corrected chi connectivity index (χ2v) is 18.8. The van der Waals surface area contributed by atoms with E-state index >= 15 is 0 Å². The molecule has 61 heavy (non-hydrogen) atoms. The van der Waals surface area contributed by atoms with E-state index in [0.717, 1.165) is 80.0 Å². The Balaban J connectivity index is 0.000000170. The molecule has 0 aromatic carbocycles. The minimum absolute atomic E-state index is 0.118. The first-order valence-corrected chi connectivity index (χ1v) is 21.6. The van der Waals surface area contributed by atoms with Crippen LogP contribution in [0.3, 0.4) is 0 Å². The van der Waals surface area contributed by atoms with Crippen LogP contribution in [0.4, 0.5) is 15.4 Å². The minimum Gasteiger partial charge on any atom is -0.444 e. The first-order chi connectivity index (χ1) is 28.7. The molecule has 0 bridgehead atoms. The molecule has 2 amide bonds. The maximum atomic E-state index is 12.3. The van der Waals surface area contributed by atoms with Gasteiger partial charge in [-0.15, -0.1) is 0 Å². The Labute approximate surface area is 374 Å². The van der Waals surface area contributed by atoms with Crippen LogP contribution in [-0.4, -0.2) is 100 Å². The van der Waals surface area contributed by atoms with Gasteiger partial charge in [0, 0.05) is 50.7 Å². The van der Waals surface area contributed by atoms with Crippen molar-refractivity contribution in [2.24, 2.45) is 5.73 Å². The van der Waals surface area contributed by atoms with Gasteiger partial charge >= 0.3 is 12.2 Å². The van der Waals surface area contributed by atoms with Crippen LogP contribution < -0.4 is 11.1 Å². The van der Waals surface area contributed by atoms with E-state index in [4.69, 9.17) is 43.4 Å². The molecule has 324 valence electrons. The van der Waals surface area contributed by atoms with Crippen molar-refractivity contribution in [1.82, 2.24) is 38.5 Å². The molecule has 0 radical (unpaired) electrons. The molecule has 0 spiro atoms. The van der Waals surface area contributed by atoms with E-state index < -0.39 is 11.2 Å². The average molecular weight is 937 g/mol. The van der Waals surface area contributed by atoms with E-state index in [9.17, 15) is 9.59 Å². The molecule has 6 aromatic rings. The number of hydrogen-bond donors (Lipinski definition) is 2. The Kier molecular flexibility index (Phi) is 14.2. The zero-order valence-electron chi connectivity index (χ0n) is 35.7. The zero-order chi connectivity index (χ0) is 44.2. The van der Waals surface area contributed by atoms with Crippen LogP contribution in [0.1, 0.15) is 65.5 Å². The molecule has 14 nitrogen and oxygen atoms in total. The molecule has 0 saturated carbocycles. The van der Waals surface area contributed by atoms with Gasteiger partial charge in [0.15, 0.2) is 0 Å². The number of amides is 2. The average Bonchev–Trinajstić information content (AvgIpc) is 3.99. The zero-order valence-corrected chi connectivity index (χ0v) is 38.8. The van der Waals surface area contributed by atoms with Crippen molar-refractivity contribution < 1.29 is 19.1 Å². The Hall–Kier alpha value is -4.96. The molecular weight excluding hydrogens is 883 g/mol. The van der Waals surface area contributed by atoms with Crippen molar-refractivity contribution in [3.05, 3.63) is 99.1 Å². The number of carbonyl (C=O) groups is 2. The second kappa shape index (κ2) is 19.0. The molecule has 17 heteroatoms. The van der Waals surface area contributed by atoms with E-state index in [1.807, 2.05) is 125 Å². The summed E-state index contributed by atoms with van der Waals surface area (Å²) < 4.78 is 15.4. The molecule has 3 N–H and O–H groups in total. The van der Waals surface area contributed by atoms with Gasteiger partial charge < -0.3 is 30.3 Å². The number of ether oxygens (including phenoxy) is 2. The maximum absolute atomic E-state index is 12.3. The smallest absolute Gasteiger partial charge is 0.410 e. The molecule has 8 rings (SSSR count). The summed E-state index contributed by atoms with van der Waals surface area (Å²) in [5, 5.41) is 4.85. The summed E-state index contributed by atoms with van der Waals surface area (Å²) in [5.74, 6) is 0.761. The lowest BCUT2D eigenvalue weighted by atomic mass is 10.2. The molecule has 2 aliphatic rings. The van der Waals surface area contributed by atoms with Gasteiger partial charge in [0.1, 0.15) is 32.9 Å². The number of halogens is 3. The van der Waals surface area contributed by atoms with Crippen LogP contribution in [0.25, 0.3) is 34.1 Å². The topological polar surface area (TPSA) is 158 Å². The third-order valence-electron chi connectivity index (χ3n) is 9.64. The highest BCUT2D eigenvalue weighted by Crippen LogP contribution is 2.27. The largest absolute Gasteiger partial charge is 0.444 e. The summed E-state index contributed by atoms with van der Waals surface area (Å²) in [5.41, 5.74) is 11.9. The van der Waals surface area contributed by atoms with Crippen LogP contribution in [0, 0.1) is 13.8 Å². The lowest BCUT2D eigenvalue weighted by Gasteiger charge is -2.24. The van der Waals surface area contributed by atoms with E-state index in [2.05, 4.69) is 36.2 Å². The summed E-state index contributed by atoms with van der Waals surface area (Å²) >= 11 is 15.8. The number of hydrogen-bond acceptors (Lipinski definition) is 10. The van der Waals surface area contributed by atoms with Crippen LogP contribution in [0.2, 0.25) is 10.0 Å². The molecule has 8 heterocycles. The number of aryl methyl sites for hydroxylation is 2. The summed E-state index contributed by atoms with van der Waals surface area (Å²) in [6.45, 7) is 17.7. The van der Waals surface area contributed by atoms with E-state index in [1.54, 1.807) is 22.2 Å². The highest BCUT2D eigenvalue weighted by molar-refractivity contribution is 9.10. The normalized spacial score (nSPS) is 16.5. The predicted molar refractivity (Wildman–Crippen MR) is 244 cm³/mol. The third-order valence-corrected chi connectivity index (χ3v) is 10.9. The van der Waals surface area contributed by atoms with Gasteiger partial charge in [-0.1, -0.05) is 35.3 Å². The predicted octanol–water partition coefficient (Wildman–Crippen LogP) is 9.85. The number of anilines is 1. The molecule has 2 unspecified atom stereocenters. The number of likely N-dealkylation sites (tertiary alicyclic amines) is 2. The molecule has 0 aliphatic carbocycles. The Morgan fingerprint density at radius 2 is 1.25 bits per heavy atom. The van der Waals surface area contributed by atoms with Gasteiger partial charge in [-0.3, -0.25) is 8.80 Å². The quantitative estimate of drug-likeness (QED) is 0.163. The Morgan fingerprint density at radius 3 is 1.74 bits per heavy atom. The van der Waals surface area contributed by atoms with Gasteiger partial charge in [0.25, 0.3) is 0 Å². The number of rotatable bonds is 4. The van der Waals surface area contributed by atoms with Crippen LogP contribution in [0.15, 0.2) is 77.9 Å². The van der Waals surface area contributed by atoms with Crippen molar-refractivity contribution in [2.75, 3.05) is 31.5 Å². The summed E-state index contributed by atoms with van der Waals surface area (Å²) in [7, 11) is 0. The number of nitrogens with one attached hydrogen (secondary N) is 1. The number of fused-ring (bicyclic) bond motifs is 2. The number of imidazole rings is 2. The molecule has 2 saturated heterocycles. The highest BCUT2D eigenvalue weighted by atomic mass is 79.9. The highest BCUT2D eigenvalue weighted by Gasteiger charge is 2.30. The Bertz CT molecular complexity index is 2510. The first kappa shape index (κ1) is 45.6. The van der Waals surface area contributed by atoms with Gasteiger partial charge in [-0.25, -0.2) is 29.5 Å². The summed E-state index contributed by atoms with van der Waals surface area (Å²) in [6, 6.07) is 15.8. The molecule has 2 aliphatic heterocycles. The fraction of sp³-hybridized carbons (Fsp3) is 0.409. The fourth-order valence-corrected chi connectivity index (χ4v) is 7.29. The molecule has 6 aromatic heterocycles. The summed E-state index contributed by atoms with van der Waals surface area (Å²) in [4.78, 5) is 45.2. The van der Waals surface area contributed by atoms with Gasteiger partial charge in [0.05, 0.1) is 45.2 Å². The van der Waals surface area contributed by atoms with Crippen LogP contribution in [-0.2, 0) is 9.47 Å². The van der Waals surface area contributed by atoms with Gasteiger partial charge in [-0.2, -0.15) is 0 Å². The van der Waals surface area contributed by atoms with Crippen molar-refractivity contribution in [3.63, 3.8) is 0 Å². The summed E-state index contributed by atoms with van der Waals surface area (Å²) in [6.07, 6.45) is 8.54. The number of nitrogens with two attached hydrogens (primary N) is 1. The van der Waals surface area contributed by atoms with Crippen LogP contribution in [0.5, 0.6) is 0 Å². The standard InChI is InChI=1S/C22H26ClN5O2.C13H9BrClN3.C9H18N2O2/c1-14-10-20-24-11-18(28(20)13-16(14)23)17-6-5-7-19(26-17)25-15-8-9-27(12-15)21(29)30-22(2,3)4;1-8-5-13-16-6-11(18(13)7-9(8)15)10-3-2-4-12(14)17-10;1-9(2,3)13-8(12)11-5-4-7(10)6-11/h5-7,10-11,13,15H,8-9,12H2,1-4H3,(H,25,26);2-7H,1H3;7H,4-6,10H2,1-3H3. The minimum atomic E-state index is -0.492.